The SMILES string of the molecule is N/C(=N\O)c1ccc(C2OCCO2)c2ccccc12. The van der Waals surface area contributed by atoms with Crippen LogP contribution in [0.2, 0.25) is 0 Å². The fourth-order valence-corrected chi connectivity index (χ4v) is 2.34. The summed E-state index contributed by atoms with van der Waals surface area (Å²) in [6, 6.07) is 11.5. The maximum Gasteiger partial charge on any atom is 0.184 e. The van der Waals surface area contributed by atoms with Crippen LogP contribution >= 0.6 is 0 Å². The number of benzene rings is 2. The van der Waals surface area contributed by atoms with E-state index in [1.54, 1.807) is 0 Å². The van der Waals surface area contributed by atoms with E-state index in [0.717, 1.165) is 16.3 Å². The summed E-state index contributed by atoms with van der Waals surface area (Å²) >= 11 is 0. The average Bonchev–Trinajstić information content (AvgIpc) is 2.99. The Morgan fingerprint density at radius 2 is 1.79 bits per heavy atom. The molecule has 3 N–H and O–H groups in total. The predicted octanol–water partition coefficient (Wildman–Crippen LogP) is 1.98. The highest BCUT2D eigenvalue weighted by Crippen LogP contribution is 2.31. The highest BCUT2D eigenvalue weighted by molar-refractivity contribution is 6.09. The standard InChI is InChI=1S/C14H14N2O3/c15-13(16-17)11-5-6-12(14-18-7-8-19-14)10-4-2-1-3-9(10)11/h1-6,14,17H,7-8H2,(H2,15,16). The maximum atomic E-state index is 8.84. The van der Waals surface area contributed by atoms with Gasteiger partial charge in [0.1, 0.15) is 0 Å². The minimum Gasteiger partial charge on any atom is -0.409 e. The molecule has 0 aliphatic carbocycles. The summed E-state index contributed by atoms with van der Waals surface area (Å²) in [5.41, 5.74) is 7.36. The van der Waals surface area contributed by atoms with Crippen molar-refractivity contribution < 1.29 is 14.7 Å². The van der Waals surface area contributed by atoms with E-state index in [9.17, 15) is 0 Å². The molecule has 98 valence electrons. The predicted molar refractivity (Wildman–Crippen MR) is 71.1 cm³/mol. The van der Waals surface area contributed by atoms with Crippen molar-refractivity contribution in [2.24, 2.45) is 10.9 Å². The van der Waals surface area contributed by atoms with Crippen LogP contribution in [-0.2, 0) is 9.47 Å². The Morgan fingerprint density at radius 3 is 2.47 bits per heavy atom. The molecule has 0 bridgehead atoms. The first-order valence-corrected chi connectivity index (χ1v) is 6.04. The van der Waals surface area contributed by atoms with Crippen LogP contribution in [0, 0.1) is 0 Å². The van der Waals surface area contributed by atoms with E-state index < -0.39 is 0 Å². The summed E-state index contributed by atoms with van der Waals surface area (Å²) in [5, 5.41) is 13.8. The third-order valence-corrected chi connectivity index (χ3v) is 3.22. The van der Waals surface area contributed by atoms with Crippen LogP contribution in [0.3, 0.4) is 0 Å². The van der Waals surface area contributed by atoms with Crippen LogP contribution in [0.1, 0.15) is 17.4 Å². The van der Waals surface area contributed by atoms with E-state index in [1.807, 2.05) is 36.4 Å². The lowest BCUT2D eigenvalue weighted by molar-refractivity contribution is -0.0430. The summed E-state index contributed by atoms with van der Waals surface area (Å²) in [4.78, 5) is 0. The van der Waals surface area contributed by atoms with Crippen molar-refractivity contribution in [3.8, 4) is 0 Å². The van der Waals surface area contributed by atoms with Gasteiger partial charge in [0, 0.05) is 11.1 Å². The summed E-state index contributed by atoms with van der Waals surface area (Å²) in [5.74, 6) is 0.0935. The van der Waals surface area contributed by atoms with Crippen LogP contribution in [-0.4, -0.2) is 24.3 Å². The van der Waals surface area contributed by atoms with Gasteiger partial charge >= 0.3 is 0 Å². The van der Waals surface area contributed by atoms with E-state index >= 15 is 0 Å². The third kappa shape index (κ3) is 2.03. The smallest absolute Gasteiger partial charge is 0.184 e. The van der Waals surface area contributed by atoms with Gasteiger partial charge in [-0.15, -0.1) is 0 Å². The monoisotopic (exact) mass is 258 g/mol. The minimum atomic E-state index is -0.341. The first kappa shape index (κ1) is 12.0. The van der Waals surface area contributed by atoms with Gasteiger partial charge in [-0.1, -0.05) is 41.6 Å². The van der Waals surface area contributed by atoms with Crippen molar-refractivity contribution in [3.63, 3.8) is 0 Å². The van der Waals surface area contributed by atoms with Crippen molar-refractivity contribution >= 4 is 16.6 Å². The fourth-order valence-electron chi connectivity index (χ4n) is 2.34. The second-order valence-corrected chi connectivity index (χ2v) is 4.31. The second-order valence-electron chi connectivity index (χ2n) is 4.31. The molecule has 1 heterocycles. The van der Waals surface area contributed by atoms with Gasteiger partial charge in [0.05, 0.1) is 13.2 Å². The van der Waals surface area contributed by atoms with Gasteiger partial charge in [-0.05, 0) is 10.8 Å². The first-order valence-electron chi connectivity index (χ1n) is 6.04. The summed E-state index contributed by atoms with van der Waals surface area (Å²) in [7, 11) is 0. The molecule has 2 aromatic rings. The van der Waals surface area contributed by atoms with E-state index in [0.29, 0.717) is 18.8 Å². The number of nitrogens with two attached hydrogens (primary N) is 1. The first-order chi connectivity index (χ1) is 9.31. The van der Waals surface area contributed by atoms with Crippen molar-refractivity contribution in [3.05, 3.63) is 47.5 Å². The topological polar surface area (TPSA) is 77.1 Å². The Bertz CT molecular complexity index is 634. The molecule has 0 atom stereocenters. The maximum absolute atomic E-state index is 8.84. The Kier molecular flexibility index (Phi) is 3.06. The summed E-state index contributed by atoms with van der Waals surface area (Å²) in [6.45, 7) is 1.20. The second kappa shape index (κ2) is 4.87. The molecule has 1 aliphatic heterocycles. The zero-order chi connectivity index (χ0) is 13.2. The van der Waals surface area contributed by atoms with Crippen molar-refractivity contribution in [2.75, 3.05) is 13.2 Å². The molecule has 19 heavy (non-hydrogen) atoms. The lowest BCUT2D eigenvalue weighted by Gasteiger charge is -2.14. The van der Waals surface area contributed by atoms with Crippen molar-refractivity contribution in [1.29, 1.82) is 0 Å². The molecule has 0 unspecified atom stereocenters. The van der Waals surface area contributed by atoms with Gasteiger partial charge in [0.2, 0.25) is 0 Å². The summed E-state index contributed by atoms with van der Waals surface area (Å²) < 4.78 is 11.1. The lowest BCUT2D eigenvalue weighted by atomic mass is 9.98. The van der Waals surface area contributed by atoms with Gasteiger partial charge in [-0.25, -0.2) is 0 Å². The molecule has 1 aliphatic rings. The van der Waals surface area contributed by atoms with Crippen LogP contribution < -0.4 is 5.73 Å². The highest BCUT2D eigenvalue weighted by atomic mass is 16.7. The van der Waals surface area contributed by atoms with E-state index in [4.69, 9.17) is 20.4 Å². The minimum absolute atomic E-state index is 0.0935. The Morgan fingerprint density at radius 1 is 1.11 bits per heavy atom. The highest BCUT2D eigenvalue weighted by Gasteiger charge is 2.21. The van der Waals surface area contributed by atoms with Gasteiger partial charge in [-0.3, -0.25) is 0 Å². The van der Waals surface area contributed by atoms with Gasteiger partial charge in [0.25, 0.3) is 0 Å². The van der Waals surface area contributed by atoms with Crippen molar-refractivity contribution in [2.45, 2.75) is 6.29 Å². The van der Waals surface area contributed by atoms with Crippen LogP contribution in [0.4, 0.5) is 0 Å². The van der Waals surface area contributed by atoms with Gasteiger partial charge in [0.15, 0.2) is 12.1 Å². The number of ether oxygens (including phenoxy) is 2. The molecule has 5 heteroatoms. The Hall–Kier alpha value is -2.11. The molecule has 0 aromatic heterocycles. The number of hydrogen-bond donors (Lipinski definition) is 2. The van der Waals surface area contributed by atoms with Gasteiger partial charge in [-0.2, -0.15) is 0 Å². The van der Waals surface area contributed by atoms with Crippen LogP contribution in [0.15, 0.2) is 41.6 Å². The van der Waals surface area contributed by atoms with Crippen LogP contribution in [0.5, 0.6) is 0 Å². The summed E-state index contributed by atoms with van der Waals surface area (Å²) in [6.07, 6.45) is -0.341. The molecule has 0 saturated carbocycles. The normalized spacial score (nSPS) is 17.2. The molecule has 0 spiro atoms. The number of nitrogens with zero attached hydrogens (tertiary/aromatic N) is 1. The molecule has 0 amide bonds. The number of fused-ring (bicyclic) bond motifs is 1. The number of hydrogen-bond acceptors (Lipinski definition) is 4. The Labute approximate surface area is 110 Å². The largest absolute Gasteiger partial charge is 0.409 e. The molecule has 0 radical (unpaired) electrons. The molecule has 2 aromatic carbocycles. The zero-order valence-corrected chi connectivity index (χ0v) is 10.2. The molecule has 3 rings (SSSR count). The van der Waals surface area contributed by atoms with E-state index in [2.05, 4.69) is 5.16 Å². The van der Waals surface area contributed by atoms with E-state index in [-0.39, 0.29) is 12.1 Å². The number of oxime groups is 1. The molecular weight excluding hydrogens is 244 g/mol. The van der Waals surface area contributed by atoms with Crippen molar-refractivity contribution in [1.82, 2.24) is 0 Å². The number of rotatable bonds is 2. The van der Waals surface area contributed by atoms with E-state index in [1.165, 1.54) is 0 Å². The quantitative estimate of drug-likeness (QED) is 0.374. The molecule has 1 saturated heterocycles. The number of amidine groups is 1. The Balaban J connectivity index is 2.21. The molecular formula is C14H14N2O3. The average molecular weight is 258 g/mol. The van der Waals surface area contributed by atoms with Gasteiger partial charge < -0.3 is 20.4 Å². The molecule has 1 fully saturated rings. The fraction of sp³-hybridized carbons (Fsp3) is 0.214. The zero-order valence-electron chi connectivity index (χ0n) is 10.2. The molecule has 5 nitrogen and oxygen atoms in total. The lowest BCUT2D eigenvalue weighted by Crippen LogP contribution is -2.14. The third-order valence-electron chi connectivity index (χ3n) is 3.22. The van der Waals surface area contributed by atoms with Crippen LogP contribution in [0.25, 0.3) is 10.8 Å².